The molecule has 1 amide bonds. The zero-order valence-corrected chi connectivity index (χ0v) is 11.6. The van der Waals surface area contributed by atoms with Gasteiger partial charge in [0.05, 0.1) is 15.5 Å². The lowest BCUT2D eigenvalue weighted by Crippen LogP contribution is -2.13. The monoisotopic (exact) mass is 331 g/mol. The Hall–Kier alpha value is -1.11. The van der Waals surface area contributed by atoms with Crippen LogP contribution in [0.25, 0.3) is 0 Å². The van der Waals surface area contributed by atoms with E-state index in [1.807, 2.05) is 0 Å². The second-order valence-electron chi connectivity index (χ2n) is 3.16. The standard InChI is InChI=1S/C10H7BrClN3OS/c11-8-4-14-10(17-8)15-9(16)6-3-5(12)1-2-7(6)13/h1-4H,13H2,(H,14,15,16). The lowest BCUT2D eigenvalue weighted by atomic mass is 10.2. The van der Waals surface area contributed by atoms with Crippen molar-refractivity contribution in [1.29, 1.82) is 0 Å². The van der Waals surface area contributed by atoms with Crippen LogP contribution in [0.2, 0.25) is 5.02 Å². The van der Waals surface area contributed by atoms with E-state index in [1.165, 1.54) is 17.4 Å². The van der Waals surface area contributed by atoms with E-state index in [9.17, 15) is 4.79 Å². The smallest absolute Gasteiger partial charge is 0.259 e. The molecule has 4 nitrogen and oxygen atoms in total. The molecule has 1 aromatic carbocycles. The maximum Gasteiger partial charge on any atom is 0.259 e. The van der Waals surface area contributed by atoms with Gasteiger partial charge in [0.1, 0.15) is 0 Å². The third kappa shape index (κ3) is 2.96. The zero-order valence-electron chi connectivity index (χ0n) is 8.41. The van der Waals surface area contributed by atoms with Gasteiger partial charge in [0.15, 0.2) is 5.13 Å². The molecule has 2 rings (SSSR count). The summed E-state index contributed by atoms with van der Waals surface area (Å²) in [7, 11) is 0. The molecule has 0 aliphatic rings. The van der Waals surface area contributed by atoms with E-state index in [0.717, 1.165) is 3.79 Å². The number of nitrogens with one attached hydrogen (secondary N) is 1. The maximum absolute atomic E-state index is 11.9. The summed E-state index contributed by atoms with van der Waals surface area (Å²) in [6.07, 6.45) is 1.61. The van der Waals surface area contributed by atoms with Crippen LogP contribution in [-0.4, -0.2) is 10.9 Å². The van der Waals surface area contributed by atoms with Gasteiger partial charge >= 0.3 is 0 Å². The van der Waals surface area contributed by atoms with Crippen LogP contribution in [0.1, 0.15) is 10.4 Å². The first-order valence-corrected chi connectivity index (χ1v) is 6.52. The summed E-state index contributed by atoms with van der Waals surface area (Å²) < 4.78 is 0.840. The number of amides is 1. The van der Waals surface area contributed by atoms with Crippen molar-refractivity contribution in [2.45, 2.75) is 0 Å². The minimum absolute atomic E-state index is 0.327. The van der Waals surface area contributed by atoms with Crippen LogP contribution < -0.4 is 11.1 Å². The Morgan fingerprint density at radius 1 is 1.53 bits per heavy atom. The van der Waals surface area contributed by atoms with Gasteiger partial charge in [0.2, 0.25) is 0 Å². The summed E-state index contributed by atoms with van der Waals surface area (Å²) in [5, 5.41) is 3.61. The molecule has 0 bridgehead atoms. The average molecular weight is 333 g/mol. The van der Waals surface area contributed by atoms with E-state index >= 15 is 0 Å². The Bertz CT molecular complexity index is 572. The van der Waals surface area contributed by atoms with Crippen molar-refractivity contribution < 1.29 is 4.79 Å². The molecule has 0 spiro atoms. The van der Waals surface area contributed by atoms with Crippen LogP contribution in [0, 0.1) is 0 Å². The molecular formula is C10H7BrClN3OS. The van der Waals surface area contributed by atoms with Gasteiger partial charge in [-0.2, -0.15) is 0 Å². The number of anilines is 2. The molecule has 0 fully saturated rings. The summed E-state index contributed by atoms with van der Waals surface area (Å²) in [6, 6.07) is 4.75. The fraction of sp³-hybridized carbons (Fsp3) is 0. The van der Waals surface area contributed by atoms with E-state index in [0.29, 0.717) is 21.4 Å². The summed E-state index contributed by atoms with van der Waals surface area (Å²) in [5.41, 5.74) is 6.42. The topological polar surface area (TPSA) is 68.0 Å². The van der Waals surface area contributed by atoms with Gasteiger partial charge in [0, 0.05) is 10.7 Å². The number of nitrogens with two attached hydrogens (primary N) is 1. The molecule has 2 aromatic rings. The molecule has 17 heavy (non-hydrogen) atoms. The molecule has 0 unspecified atom stereocenters. The van der Waals surface area contributed by atoms with Gasteiger partial charge in [-0.15, -0.1) is 0 Å². The summed E-state index contributed by atoms with van der Waals surface area (Å²) in [5.74, 6) is -0.327. The van der Waals surface area contributed by atoms with Gasteiger partial charge in [-0.3, -0.25) is 10.1 Å². The largest absolute Gasteiger partial charge is 0.398 e. The number of hydrogen-bond acceptors (Lipinski definition) is 4. The molecule has 0 saturated carbocycles. The number of halogens is 2. The van der Waals surface area contributed by atoms with Crippen molar-refractivity contribution in [2.24, 2.45) is 0 Å². The van der Waals surface area contributed by atoms with Crippen molar-refractivity contribution in [1.82, 2.24) is 4.98 Å². The first-order chi connectivity index (χ1) is 8.06. The third-order valence-electron chi connectivity index (χ3n) is 1.96. The van der Waals surface area contributed by atoms with Crippen LogP contribution in [0.15, 0.2) is 28.2 Å². The number of aromatic nitrogens is 1. The summed E-state index contributed by atoms with van der Waals surface area (Å²) in [6.45, 7) is 0. The molecule has 3 N–H and O–H groups in total. The fourth-order valence-electron chi connectivity index (χ4n) is 1.20. The van der Waals surface area contributed by atoms with E-state index in [1.54, 1.807) is 18.3 Å². The Labute approximate surface area is 115 Å². The highest BCUT2D eigenvalue weighted by Crippen LogP contribution is 2.25. The second-order valence-corrected chi connectivity index (χ2v) is 6.00. The SMILES string of the molecule is Nc1ccc(Cl)cc1C(=O)Nc1ncc(Br)s1. The molecule has 0 atom stereocenters. The Balaban J connectivity index is 2.22. The number of nitrogens with zero attached hydrogens (tertiary/aromatic N) is 1. The van der Waals surface area contributed by atoms with E-state index in [4.69, 9.17) is 17.3 Å². The molecule has 0 saturated heterocycles. The lowest BCUT2D eigenvalue weighted by molar-refractivity contribution is 0.102. The van der Waals surface area contributed by atoms with Crippen molar-refractivity contribution in [3.8, 4) is 0 Å². The number of carbonyl (C=O) groups excluding carboxylic acids is 1. The van der Waals surface area contributed by atoms with Crippen LogP contribution in [0.3, 0.4) is 0 Å². The quantitative estimate of drug-likeness (QED) is 0.828. The Morgan fingerprint density at radius 2 is 2.29 bits per heavy atom. The minimum atomic E-state index is -0.327. The summed E-state index contributed by atoms with van der Waals surface area (Å²) >= 11 is 10.4. The zero-order chi connectivity index (χ0) is 12.4. The molecule has 7 heteroatoms. The minimum Gasteiger partial charge on any atom is -0.398 e. The third-order valence-corrected chi connectivity index (χ3v) is 3.58. The summed E-state index contributed by atoms with van der Waals surface area (Å²) in [4.78, 5) is 15.9. The lowest BCUT2D eigenvalue weighted by Gasteiger charge is -2.05. The first-order valence-electron chi connectivity index (χ1n) is 4.54. The predicted octanol–water partition coefficient (Wildman–Crippen LogP) is 3.39. The Morgan fingerprint density at radius 3 is 2.94 bits per heavy atom. The highest BCUT2D eigenvalue weighted by Gasteiger charge is 2.12. The Kier molecular flexibility index (Phi) is 3.66. The number of hydrogen-bond donors (Lipinski definition) is 2. The number of carbonyl (C=O) groups is 1. The van der Waals surface area contributed by atoms with E-state index in [-0.39, 0.29) is 5.91 Å². The van der Waals surface area contributed by atoms with Crippen LogP contribution in [-0.2, 0) is 0 Å². The van der Waals surface area contributed by atoms with Crippen molar-refractivity contribution >= 4 is 55.6 Å². The van der Waals surface area contributed by atoms with Gasteiger partial charge in [0.25, 0.3) is 5.91 Å². The predicted molar refractivity (Wildman–Crippen MR) is 73.6 cm³/mol. The van der Waals surface area contributed by atoms with Gasteiger partial charge < -0.3 is 5.73 Å². The molecular weight excluding hydrogens is 326 g/mol. The highest BCUT2D eigenvalue weighted by atomic mass is 79.9. The average Bonchev–Trinajstić information content (AvgIpc) is 2.67. The number of nitrogen functional groups attached to an aromatic ring is 1. The second kappa shape index (κ2) is 5.03. The molecule has 0 radical (unpaired) electrons. The number of rotatable bonds is 2. The van der Waals surface area contributed by atoms with Gasteiger partial charge in [-0.25, -0.2) is 4.98 Å². The fourth-order valence-corrected chi connectivity index (χ4v) is 2.48. The first kappa shape index (κ1) is 12.3. The van der Waals surface area contributed by atoms with Crippen molar-refractivity contribution in [3.05, 3.63) is 38.8 Å². The van der Waals surface area contributed by atoms with Crippen molar-refractivity contribution in [2.75, 3.05) is 11.1 Å². The highest BCUT2D eigenvalue weighted by molar-refractivity contribution is 9.11. The molecule has 88 valence electrons. The molecule has 0 aliphatic carbocycles. The van der Waals surface area contributed by atoms with Crippen LogP contribution in [0.4, 0.5) is 10.8 Å². The number of benzene rings is 1. The molecule has 0 aliphatic heterocycles. The maximum atomic E-state index is 11.9. The van der Waals surface area contributed by atoms with Crippen molar-refractivity contribution in [3.63, 3.8) is 0 Å². The normalized spacial score (nSPS) is 10.2. The van der Waals surface area contributed by atoms with E-state index < -0.39 is 0 Å². The number of thiazole rings is 1. The van der Waals surface area contributed by atoms with Gasteiger partial charge in [-0.1, -0.05) is 22.9 Å². The van der Waals surface area contributed by atoms with E-state index in [2.05, 4.69) is 26.2 Å². The molecule has 1 aromatic heterocycles. The van der Waals surface area contributed by atoms with Crippen LogP contribution >= 0.6 is 38.9 Å². The van der Waals surface area contributed by atoms with Gasteiger partial charge in [-0.05, 0) is 34.1 Å². The van der Waals surface area contributed by atoms with Crippen LogP contribution in [0.5, 0.6) is 0 Å². The molecule has 1 heterocycles.